The van der Waals surface area contributed by atoms with Crippen molar-refractivity contribution in [2.75, 3.05) is 0 Å². The molecule has 0 bridgehead atoms. The van der Waals surface area contributed by atoms with E-state index in [1.165, 1.54) is 18.2 Å². The fraction of sp³-hybridized carbons (Fsp3) is 0.125. The molecular weight excluding hydrogens is 170 g/mol. The van der Waals surface area contributed by atoms with Gasteiger partial charge in [-0.05, 0) is 17.2 Å². The third kappa shape index (κ3) is 2.05. The quantitative estimate of drug-likeness (QED) is 0.430. The molecule has 0 aliphatic heterocycles. The molecule has 0 amide bonds. The third-order valence-corrected chi connectivity index (χ3v) is 1.53. The Bertz CT molecular complexity index is 370. The molecule has 1 N–H and O–H groups in total. The Labute approximate surface area is 74.3 Å². The van der Waals surface area contributed by atoms with Gasteiger partial charge in [-0.1, -0.05) is 17.2 Å². The number of rotatable bonds is 3. The lowest BCUT2D eigenvalue weighted by Gasteiger charge is -1.99. The van der Waals surface area contributed by atoms with Crippen LogP contribution in [0.25, 0.3) is 10.4 Å². The summed E-state index contributed by atoms with van der Waals surface area (Å²) in [5.74, 6) is 0. The lowest BCUT2D eigenvalue weighted by Crippen LogP contribution is -1.91. The van der Waals surface area contributed by atoms with Crippen molar-refractivity contribution in [3.05, 3.63) is 39.8 Å². The summed E-state index contributed by atoms with van der Waals surface area (Å²) in [6.07, 6.45) is 1.65. The summed E-state index contributed by atoms with van der Waals surface area (Å²) in [4.78, 5) is 12.9. The minimum absolute atomic E-state index is 0.215. The van der Waals surface area contributed by atoms with Crippen molar-refractivity contribution < 1.29 is 9.90 Å². The first-order valence-corrected chi connectivity index (χ1v) is 3.49. The van der Waals surface area contributed by atoms with Gasteiger partial charge in [-0.3, -0.25) is 4.79 Å². The zero-order valence-corrected chi connectivity index (χ0v) is 6.64. The normalized spacial score (nSPS) is 9.00. The third-order valence-electron chi connectivity index (χ3n) is 1.53. The molecule has 0 aromatic heterocycles. The summed E-state index contributed by atoms with van der Waals surface area (Å²) >= 11 is 0. The second-order valence-electron chi connectivity index (χ2n) is 2.29. The maximum atomic E-state index is 10.4. The van der Waals surface area contributed by atoms with Gasteiger partial charge in [0.25, 0.3) is 0 Å². The van der Waals surface area contributed by atoms with Crippen LogP contribution in [-0.2, 0) is 11.4 Å². The van der Waals surface area contributed by atoms with Gasteiger partial charge in [0, 0.05) is 16.2 Å². The van der Waals surface area contributed by atoms with Crippen molar-refractivity contribution in [3.63, 3.8) is 0 Å². The van der Waals surface area contributed by atoms with Crippen LogP contribution in [0.2, 0.25) is 0 Å². The molecule has 0 aliphatic carbocycles. The Hall–Kier alpha value is -1.84. The second kappa shape index (κ2) is 4.25. The molecule has 0 spiro atoms. The average Bonchev–Trinajstić information content (AvgIpc) is 2.18. The van der Waals surface area contributed by atoms with Crippen LogP contribution in [0.5, 0.6) is 0 Å². The van der Waals surface area contributed by atoms with Crippen LogP contribution in [0.15, 0.2) is 23.3 Å². The van der Waals surface area contributed by atoms with E-state index in [0.717, 1.165) is 0 Å². The van der Waals surface area contributed by atoms with Gasteiger partial charge in [0.15, 0.2) is 0 Å². The Morgan fingerprint density at radius 1 is 1.62 bits per heavy atom. The first-order valence-electron chi connectivity index (χ1n) is 3.49. The van der Waals surface area contributed by atoms with Crippen molar-refractivity contribution in [1.82, 2.24) is 0 Å². The Kier molecular flexibility index (Phi) is 3.03. The molecular formula is C8H6N3O2. The van der Waals surface area contributed by atoms with Gasteiger partial charge < -0.3 is 5.11 Å². The van der Waals surface area contributed by atoms with Crippen molar-refractivity contribution in [2.24, 2.45) is 5.11 Å². The predicted molar refractivity (Wildman–Crippen MR) is 46.0 cm³/mol. The Balaban J connectivity index is 3.19. The SMILES string of the molecule is [N-]=[N+]=Nc1ccc(CO)c([C]=O)c1. The zero-order valence-electron chi connectivity index (χ0n) is 6.64. The molecule has 0 saturated heterocycles. The van der Waals surface area contributed by atoms with Gasteiger partial charge in [0.05, 0.1) is 6.61 Å². The van der Waals surface area contributed by atoms with E-state index >= 15 is 0 Å². The number of azide groups is 1. The number of nitrogens with zero attached hydrogens (tertiary/aromatic N) is 3. The summed E-state index contributed by atoms with van der Waals surface area (Å²) in [6, 6.07) is 4.41. The van der Waals surface area contributed by atoms with Crippen LogP contribution in [0, 0.1) is 0 Å². The van der Waals surface area contributed by atoms with E-state index in [9.17, 15) is 4.79 Å². The van der Waals surface area contributed by atoms with Gasteiger partial charge in [0.1, 0.15) is 0 Å². The van der Waals surface area contributed by atoms with Crippen LogP contribution in [-0.4, -0.2) is 11.4 Å². The lowest BCUT2D eigenvalue weighted by atomic mass is 10.1. The number of aliphatic hydroxyl groups is 1. The van der Waals surface area contributed by atoms with Gasteiger partial charge in [-0.2, -0.15) is 0 Å². The molecule has 5 heteroatoms. The highest BCUT2D eigenvalue weighted by Gasteiger charge is 2.01. The number of hydrogen-bond acceptors (Lipinski definition) is 3. The van der Waals surface area contributed by atoms with Crippen molar-refractivity contribution in [2.45, 2.75) is 6.61 Å². The summed E-state index contributed by atoms with van der Waals surface area (Å²) in [6.45, 7) is -0.235. The fourth-order valence-corrected chi connectivity index (χ4v) is 0.911. The number of aliphatic hydroxyl groups excluding tert-OH is 1. The van der Waals surface area contributed by atoms with Crippen molar-refractivity contribution in [3.8, 4) is 0 Å². The van der Waals surface area contributed by atoms with Crippen LogP contribution in [0.1, 0.15) is 11.1 Å². The molecule has 0 aliphatic rings. The van der Waals surface area contributed by atoms with E-state index in [4.69, 9.17) is 10.6 Å². The summed E-state index contributed by atoms with van der Waals surface area (Å²) in [5.41, 5.74) is 9.13. The van der Waals surface area contributed by atoms with Crippen molar-refractivity contribution in [1.29, 1.82) is 0 Å². The molecule has 0 unspecified atom stereocenters. The monoisotopic (exact) mass is 176 g/mol. The summed E-state index contributed by atoms with van der Waals surface area (Å²) in [5, 5.41) is 12.1. The molecule has 0 heterocycles. The van der Waals surface area contributed by atoms with E-state index in [2.05, 4.69) is 10.0 Å². The van der Waals surface area contributed by atoms with E-state index in [0.29, 0.717) is 11.3 Å². The molecule has 1 rings (SSSR count). The highest BCUT2D eigenvalue weighted by Crippen LogP contribution is 2.17. The van der Waals surface area contributed by atoms with E-state index in [-0.39, 0.29) is 12.2 Å². The Morgan fingerprint density at radius 2 is 2.38 bits per heavy atom. The van der Waals surface area contributed by atoms with Gasteiger partial charge in [-0.15, -0.1) is 0 Å². The molecule has 0 atom stereocenters. The molecule has 1 aromatic rings. The average molecular weight is 176 g/mol. The molecule has 1 aromatic carbocycles. The minimum atomic E-state index is -0.235. The predicted octanol–water partition coefficient (Wildman–Crippen LogP) is 1.58. The standard InChI is InChI=1S/C8H6N3O2/c9-11-10-8-2-1-6(4-12)7(3-8)5-13/h1-3,12H,4H2. The van der Waals surface area contributed by atoms with Gasteiger partial charge >= 0.3 is 0 Å². The topological polar surface area (TPSA) is 86.1 Å². The molecule has 13 heavy (non-hydrogen) atoms. The van der Waals surface area contributed by atoms with Gasteiger partial charge in [0.2, 0.25) is 6.29 Å². The largest absolute Gasteiger partial charge is 0.392 e. The molecule has 0 fully saturated rings. The molecule has 65 valence electrons. The first kappa shape index (κ1) is 9.25. The van der Waals surface area contributed by atoms with Gasteiger partial charge in [-0.25, -0.2) is 0 Å². The number of benzene rings is 1. The maximum Gasteiger partial charge on any atom is 0.233 e. The molecule has 1 radical (unpaired) electrons. The van der Waals surface area contributed by atoms with Crippen LogP contribution >= 0.6 is 0 Å². The van der Waals surface area contributed by atoms with Crippen LogP contribution < -0.4 is 0 Å². The summed E-state index contributed by atoms with van der Waals surface area (Å²) < 4.78 is 0. The molecule has 5 nitrogen and oxygen atoms in total. The fourth-order valence-electron chi connectivity index (χ4n) is 0.911. The Morgan fingerprint density at radius 3 is 2.92 bits per heavy atom. The van der Waals surface area contributed by atoms with E-state index in [1.807, 2.05) is 0 Å². The smallest absolute Gasteiger partial charge is 0.233 e. The van der Waals surface area contributed by atoms with Crippen LogP contribution in [0.4, 0.5) is 5.69 Å². The van der Waals surface area contributed by atoms with E-state index in [1.54, 1.807) is 6.29 Å². The molecule has 0 saturated carbocycles. The summed E-state index contributed by atoms with van der Waals surface area (Å²) in [7, 11) is 0. The second-order valence-corrected chi connectivity index (χ2v) is 2.29. The van der Waals surface area contributed by atoms with Crippen LogP contribution in [0.3, 0.4) is 0 Å². The minimum Gasteiger partial charge on any atom is -0.392 e. The number of carbonyl (C=O) groups excluding carboxylic acids is 1. The van der Waals surface area contributed by atoms with E-state index < -0.39 is 0 Å². The maximum absolute atomic E-state index is 10.4. The first-order chi connectivity index (χ1) is 6.31. The van der Waals surface area contributed by atoms with Crippen molar-refractivity contribution >= 4 is 12.0 Å². The number of hydrogen-bond donors (Lipinski definition) is 1. The highest BCUT2D eigenvalue weighted by atomic mass is 16.3. The highest BCUT2D eigenvalue weighted by molar-refractivity contribution is 5.79. The lowest BCUT2D eigenvalue weighted by molar-refractivity contribution is 0.281. The zero-order chi connectivity index (χ0) is 9.68.